The van der Waals surface area contributed by atoms with Crippen LogP contribution in [0.5, 0.6) is 0 Å². The van der Waals surface area contributed by atoms with Gasteiger partial charge in [-0.3, -0.25) is 4.79 Å². The summed E-state index contributed by atoms with van der Waals surface area (Å²) in [5.74, 6) is -1.44. The van der Waals surface area contributed by atoms with E-state index in [9.17, 15) is 14.7 Å². The van der Waals surface area contributed by atoms with Gasteiger partial charge >= 0.3 is 5.97 Å². The summed E-state index contributed by atoms with van der Waals surface area (Å²) in [5, 5.41) is 18.0. The van der Waals surface area contributed by atoms with E-state index in [1.807, 2.05) is 6.07 Å². The van der Waals surface area contributed by atoms with E-state index in [4.69, 9.17) is 5.26 Å². The molecule has 0 unspecified atom stereocenters. The second-order valence-electron chi connectivity index (χ2n) is 5.02. The van der Waals surface area contributed by atoms with Crippen molar-refractivity contribution in [1.82, 2.24) is 4.90 Å². The Bertz CT molecular complexity index is 612. The molecule has 110 valence electrons. The molecule has 0 heterocycles. The van der Waals surface area contributed by atoms with Crippen molar-refractivity contribution >= 4 is 18.0 Å². The van der Waals surface area contributed by atoms with E-state index in [2.05, 4.69) is 0 Å². The van der Waals surface area contributed by atoms with Gasteiger partial charge in [0.05, 0.1) is 11.6 Å². The third-order valence-electron chi connectivity index (χ3n) is 3.21. The van der Waals surface area contributed by atoms with Crippen LogP contribution in [0.3, 0.4) is 0 Å². The van der Waals surface area contributed by atoms with Crippen molar-refractivity contribution < 1.29 is 14.7 Å². The zero-order chi connectivity index (χ0) is 16.0. The molecule has 1 amide bonds. The van der Waals surface area contributed by atoms with Gasteiger partial charge in [-0.05, 0) is 44.5 Å². The number of carbonyl (C=O) groups is 2. The molecule has 0 saturated heterocycles. The maximum absolute atomic E-state index is 12.2. The summed E-state index contributed by atoms with van der Waals surface area (Å²) in [7, 11) is 0. The van der Waals surface area contributed by atoms with Crippen molar-refractivity contribution in [1.29, 1.82) is 5.26 Å². The first-order valence-corrected chi connectivity index (χ1v) is 6.56. The second-order valence-corrected chi connectivity index (χ2v) is 5.02. The number of benzene rings is 1. The molecule has 0 aliphatic heterocycles. The van der Waals surface area contributed by atoms with E-state index in [-0.39, 0.29) is 5.91 Å². The minimum atomic E-state index is -1.27. The van der Waals surface area contributed by atoms with Crippen molar-refractivity contribution in [2.24, 2.45) is 0 Å². The number of carboxylic acid groups (broad SMARTS) is 1. The van der Waals surface area contributed by atoms with Crippen LogP contribution < -0.4 is 0 Å². The molecule has 1 N–H and O–H groups in total. The molecule has 0 spiro atoms. The topological polar surface area (TPSA) is 81.4 Å². The molecule has 0 atom stereocenters. The molecule has 0 saturated carbocycles. The van der Waals surface area contributed by atoms with Gasteiger partial charge in [-0.25, -0.2) is 4.79 Å². The van der Waals surface area contributed by atoms with E-state index in [0.29, 0.717) is 17.7 Å². The van der Waals surface area contributed by atoms with Crippen LogP contribution in [0.1, 0.15) is 31.9 Å². The Balaban J connectivity index is 2.95. The highest BCUT2D eigenvalue weighted by Gasteiger charge is 2.35. The van der Waals surface area contributed by atoms with Crippen molar-refractivity contribution in [2.45, 2.75) is 26.3 Å². The summed E-state index contributed by atoms with van der Waals surface area (Å²) in [5.41, 5.74) is -0.0561. The molecule has 5 nitrogen and oxygen atoms in total. The molecular formula is C16H18N2O3. The first kappa shape index (κ1) is 16.4. The van der Waals surface area contributed by atoms with Crippen LogP contribution in [0.25, 0.3) is 6.08 Å². The first-order chi connectivity index (χ1) is 9.82. The van der Waals surface area contributed by atoms with Crippen LogP contribution in [-0.2, 0) is 9.59 Å². The third-order valence-corrected chi connectivity index (χ3v) is 3.21. The van der Waals surface area contributed by atoms with Gasteiger partial charge in [-0.1, -0.05) is 12.1 Å². The maximum atomic E-state index is 12.2. The first-order valence-electron chi connectivity index (χ1n) is 6.56. The maximum Gasteiger partial charge on any atom is 0.329 e. The van der Waals surface area contributed by atoms with E-state index in [1.54, 1.807) is 37.3 Å². The van der Waals surface area contributed by atoms with Crippen molar-refractivity contribution in [3.05, 3.63) is 41.5 Å². The van der Waals surface area contributed by atoms with Gasteiger partial charge in [0.25, 0.3) is 0 Å². The van der Waals surface area contributed by atoms with Crippen LogP contribution in [0.15, 0.2) is 30.3 Å². The van der Waals surface area contributed by atoms with Crippen LogP contribution in [0.4, 0.5) is 0 Å². The van der Waals surface area contributed by atoms with E-state index in [0.717, 1.165) is 0 Å². The number of nitrogens with zero attached hydrogens (tertiary/aromatic N) is 2. The molecule has 0 aromatic heterocycles. The lowest BCUT2D eigenvalue weighted by molar-refractivity contribution is -0.154. The van der Waals surface area contributed by atoms with Gasteiger partial charge < -0.3 is 10.0 Å². The predicted octanol–water partition coefficient (Wildman–Crippen LogP) is 2.28. The van der Waals surface area contributed by atoms with Crippen molar-refractivity contribution in [3.8, 4) is 6.07 Å². The number of hydrogen-bond donors (Lipinski definition) is 1. The van der Waals surface area contributed by atoms with Gasteiger partial charge in [0, 0.05) is 12.6 Å². The fraction of sp³-hybridized carbons (Fsp3) is 0.312. The van der Waals surface area contributed by atoms with Crippen LogP contribution in [-0.4, -0.2) is 34.0 Å². The zero-order valence-electron chi connectivity index (χ0n) is 12.3. The number of aliphatic carboxylic acids is 1. The molecule has 1 aromatic carbocycles. The molecule has 0 bridgehead atoms. The molecule has 1 rings (SSSR count). The zero-order valence-corrected chi connectivity index (χ0v) is 12.3. The third kappa shape index (κ3) is 3.93. The Morgan fingerprint density at radius 3 is 2.62 bits per heavy atom. The molecule has 0 aliphatic carbocycles. The monoisotopic (exact) mass is 286 g/mol. The number of rotatable bonds is 5. The minimum absolute atomic E-state index is 0.292. The molecule has 21 heavy (non-hydrogen) atoms. The Morgan fingerprint density at radius 1 is 1.43 bits per heavy atom. The van der Waals surface area contributed by atoms with Gasteiger partial charge in [0.1, 0.15) is 5.54 Å². The number of hydrogen-bond acceptors (Lipinski definition) is 3. The predicted molar refractivity (Wildman–Crippen MR) is 79.3 cm³/mol. The molecular weight excluding hydrogens is 268 g/mol. The number of carbonyl (C=O) groups excluding carboxylic acids is 1. The van der Waals surface area contributed by atoms with Crippen molar-refractivity contribution in [3.63, 3.8) is 0 Å². The average molecular weight is 286 g/mol. The Hall–Kier alpha value is -2.61. The summed E-state index contributed by atoms with van der Waals surface area (Å²) in [6.07, 6.45) is 2.90. The number of nitriles is 1. The number of carboxylic acids is 1. The summed E-state index contributed by atoms with van der Waals surface area (Å²) in [4.78, 5) is 24.7. The van der Waals surface area contributed by atoms with E-state index < -0.39 is 11.5 Å². The molecule has 1 aromatic rings. The fourth-order valence-corrected chi connectivity index (χ4v) is 1.91. The highest BCUT2D eigenvalue weighted by Crippen LogP contribution is 2.16. The summed E-state index contributed by atoms with van der Waals surface area (Å²) < 4.78 is 0. The van der Waals surface area contributed by atoms with E-state index >= 15 is 0 Å². The normalized spacial score (nSPS) is 11.1. The van der Waals surface area contributed by atoms with Gasteiger partial charge in [0.15, 0.2) is 0 Å². The lowest BCUT2D eigenvalue weighted by Gasteiger charge is -2.33. The highest BCUT2D eigenvalue weighted by atomic mass is 16.4. The smallest absolute Gasteiger partial charge is 0.329 e. The fourth-order valence-electron chi connectivity index (χ4n) is 1.91. The van der Waals surface area contributed by atoms with Crippen LogP contribution >= 0.6 is 0 Å². The highest BCUT2D eigenvalue weighted by molar-refractivity contribution is 5.95. The van der Waals surface area contributed by atoms with Crippen molar-refractivity contribution in [2.75, 3.05) is 6.54 Å². The molecule has 5 heteroatoms. The van der Waals surface area contributed by atoms with Gasteiger partial charge in [-0.2, -0.15) is 5.26 Å². The standard InChI is InChI=1S/C16H18N2O3/c1-4-18(16(2,3)15(20)21)14(19)9-8-12-6-5-7-13(10-12)11-17/h5-10H,4H2,1-3H3,(H,20,21). The lowest BCUT2D eigenvalue weighted by Crippen LogP contribution is -2.52. The lowest BCUT2D eigenvalue weighted by atomic mass is 10.0. The minimum Gasteiger partial charge on any atom is -0.480 e. The molecule has 0 fully saturated rings. The second kappa shape index (κ2) is 6.71. The summed E-state index contributed by atoms with van der Waals surface area (Å²) >= 11 is 0. The summed E-state index contributed by atoms with van der Waals surface area (Å²) in [6.45, 7) is 5.00. The van der Waals surface area contributed by atoms with E-state index in [1.165, 1.54) is 24.8 Å². The quantitative estimate of drug-likeness (QED) is 0.842. The number of likely N-dealkylation sites (N-methyl/N-ethyl adjacent to an activating group) is 1. The molecule has 0 aliphatic rings. The Morgan fingerprint density at radius 2 is 2.10 bits per heavy atom. The molecule has 0 radical (unpaired) electrons. The van der Waals surface area contributed by atoms with Gasteiger partial charge in [0.2, 0.25) is 5.91 Å². The summed E-state index contributed by atoms with van der Waals surface area (Å²) in [6, 6.07) is 8.84. The van der Waals surface area contributed by atoms with Crippen LogP contribution in [0.2, 0.25) is 0 Å². The van der Waals surface area contributed by atoms with Gasteiger partial charge in [-0.15, -0.1) is 0 Å². The largest absolute Gasteiger partial charge is 0.480 e. The Kier molecular flexibility index (Phi) is 5.25. The Labute approximate surface area is 124 Å². The number of amides is 1. The average Bonchev–Trinajstić information content (AvgIpc) is 2.45. The SMILES string of the molecule is CCN(C(=O)C=Cc1cccc(C#N)c1)C(C)(C)C(=O)O. The van der Waals surface area contributed by atoms with Crippen LogP contribution in [0, 0.1) is 11.3 Å².